The SMILES string of the molecule is COC(=O)C(c1ccccc1Cl)N1CCN(C(=O)CCCc2nc3ccccc3s2)CC1. The average molecular weight is 472 g/mol. The van der Waals surface area contributed by atoms with Gasteiger partial charge in [-0.25, -0.2) is 9.78 Å². The monoisotopic (exact) mass is 471 g/mol. The van der Waals surface area contributed by atoms with Gasteiger partial charge in [-0.1, -0.05) is 41.9 Å². The number of carbonyl (C=O) groups excluding carboxylic acids is 2. The Hall–Kier alpha value is -2.48. The van der Waals surface area contributed by atoms with E-state index in [9.17, 15) is 9.59 Å². The fourth-order valence-corrected chi connectivity index (χ4v) is 5.33. The van der Waals surface area contributed by atoms with Crippen LogP contribution < -0.4 is 0 Å². The zero-order valence-electron chi connectivity index (χ0n) is 18.0. The number of aromatic nitrogens is 1. The van der Waals surface area contributed by atoms with E-state index >= 15 is 0 Å². The molecule has 0 bridgehead atoms. The molecule has 3 aromatic rings. The summed E-state index contributed by atoms with van der Waals surface area (Å²) in [6, 6.07) is 14.9. The maximum Gasteiger partial charge on any atom is 0.327 e. The number of halogens is 1. The van der Waals surface area contributed by atoms with E-state index in [-0.39, 0.29) is 11.9 Å². The van der Waals surface area contributed by atoms with E-state index in [0.29, 0.717) is 37.6 Å². The summed E-state index contributed by atoms with van der Waals surface area (Å²) in [4.78, 5) is 33.8. The lowest BCUT2D eigenvalue weighted by Crippen LogP contribution is -2.51. The number of rotatable bonds is 7. The van der Waals surface area contributed by atoms with E-state index in [0.717, 1.165) is 28.9 Å². The largest absolute Gasteiger partial charge is 0.468 e. The molecule has 8 heteroatoms. The van der Waals surface area contributed by atoms with Gasteiger partial charge in [0.2, 0.25) is 5.91 Å². The van der Waals surface area contributed by atoms with Gasteiger partial charge in [0.15, 0.2) is 0 Å². The van der Waals surface area contributed by atoms with Crippen molar-refractivity contribution in [3.05, 3.63) is 64.1 Å². The molecule has 2 heterocycles. The van der Waals surface area contributed by atoms with E-state index in [1.165, 1.54) is 11.8 Å². The fraction of sp³-hybridized carbons (Fsp3) is 0.375. The zero-order chi connectivity index (χ0) is 22.5. The molecule has 2 aromatic carbocycles. The minimum Gasteiger partial charge on any atom is -0.468 e. The first-order valence-corrected chi connectivity index (χ1v) is 11.9. The molecule has 0 saturated carbocycles. The van der Waals surface area contributed by atoms with Crippen LogP contribution in [-0.4, -0.2) is 59.9 Å². The molecule has 0 radical (unpaired) electrons. The molecule has 4 rings (SSSR count). The molecule has 0 aliphatic carbocycles. The van der Waals surface area contributed by atoms with Crippen LogP contribution in [0, 0.1) is 0 Å². The lowest BCUT2D eigenvalue weighted by molar-refractivity contribution is -0.148. The second-order valence-corrected chi connectivity index (χ2v) is 9.32. The molecule has 32 heavy (non-hydrogen) atoms. The number of aryl methyl sites for hydroxylation is 1. The molecule has 6 nitrogen and oxygen atoms in total. The number of fused-ring (bicyclic) bond motifs is 1. The van der Waals surface area contributed by atoms with Crippen LogP contribution >= 0.6 is 22.9 Å². The molecule has 0 spiro atoms. The van der Waals surface area contributed by atoms with E-state index in [1.54, 1.807) is 17.4 Å². The normalized spacial score (nSPS) is 15.6. The van der Waals surface area contributed by atoms with Gasteiger partial charge in [0.1, 0.15) is 6.04 Å². The standard InChI is InChI=1S/C24H26ClN3O3S/c1-31-24(30)23(17-7-2-3-8-18(17)25)28-15-13-27(14-16-28)22(29)12-6-11-21-26-19-9-4-5-10-20(19)32-21/h2-5,7-10,23H,6,11-16H2,1H3. The zero-order valence-corrected chi connectivity index (χ0v) is 19.6. The minimum atomic E-state index is -0.565. The van der Waals surface area contributed by atoms with Crippen LogP contribution in [-0.2, 0) is 20.7 Å². The van der Waals surface area contributed by atoms with E-state index in [2.05, 4.69) is 11.1 Å². The number of piperazine rings is 1. The van der Waals surface area contributed by atoms with Gasteiger partial charge in [0.05, 0.1) is 22.3 Å². The van der Waals surface area contributed by atoms with Gasteiger partial charge in [-0.2, -0.15) is 0 Å². The van der Waals surface area contributed by atoms with Gasteiger partial charge in [-0.05, 0) is 36.6 Å². The van der Waals surface area contributed by atoms with Crippen LogP contribution in [0.3, 0.4) is 0 Å². The number of para-hydroxylation sites is 1. The Morgan fingerprint density at radius 1 is 1.09 bits per heavy atom. The number of amides is 1. The fourth-order valence-electron chi connectivity index (χ4n) is 4.09. The summed E-state index contributed by atoms with van der Waals surface area (Å²) in [6.45, 7) is 2.35. The van der Waals surface area contributed by atoms with Crippen LogP contribution in [0.4, 0.5) is 0 Å². The number of methoxy groups -OCH3 is 1. The van der Waals surface area contributed by atoms with Crippen LogP contribution in [0.1, 0.15) is 29.5 Å². The second kappa shape index (κ2) is 10.4. The molecule has 1 amide bonds. The number of benzene rings is 2. The third-order valence-electron chi connectivity index (χ3n) is 5.78. The van der Waals surface area contributed by atoms with Gasteiger partial charge in [0, 0.05) is 37.6 Å². The Labute approximate surface area is 196 Å². The second-order valence-electron chi connectivity index (χ2n) is 7.79. The smallest absolute Gasteiger partial charge is 0.327 e. The summed E-state index contributed by atoms with van der Waals surface area (Å²) in [7, 11) is 1.39. The first-order valence-electron chi connectivity index (χ1n) is 10.8. The highest BCUT2D eigenvalue weighted by atomic mass is 35.5. The highest BCUT2D eigenvalue weighted by Gasteiger charge is 2.33. The maximum absolute atomic E-state index is 12.7. The molecule has 0 N–H and O–H groups in total. The Kier molecular flexibility index (Phi) is 7.40. The minimum absolute atomic E-state index is 0.151. The summed E-state index contributed by atoms with van der Waals surface area (Å²) < 4.78 is 6.23. The number of nitrogens with zero attached hydrogens (tertiary/aromatic N) is 3. The van der Waals surface area contributed by atoms with E-state index in [4.69, 9.17) is 16.3 Å². The summed E-state index contributed by atoms with van der Waals surface area (Å²) >= 11 is 8.04. The van der Waals surface area contributed by atoms with E-state index in [1.807, 2.05) is 46.2 Å². The lowest BCUT2D eigenvalue weighted by Gasteiger charge is -2.38. The predicted octanol–water partition coefficient (Wildman–Crippen LogP) is 4.33. The number of hydrogen-bond donors (Lipinski definition) is 0. The van der Waals surface area contributed by atoms with Gasteiger partial charge in [-0.15, -0.1) is 11.3 Å². The van der Waals surface area contributed by atoms with Crippen LogP contribution in [0.25, 0.3) is 10.2 Å². The molecular formula is C24H26ClN3O3S. The molecule has 1 aliphatic rings. The number of ether oxygens (including phenoxy) is 1. The number of carbonyl (C=O) groups is 2. The number of thiazole rings is 1. The Morgan fingerprint density at radius 2 is 1.81 bits per heavy atom. The van der Waals surface area contributed by atoms with Crippen molar-refractivity contribution in [2.75, 3.05) is 33.3 Å². The van der Waals surface area contributed by atoms with Crippen molar-refractivity contribution < 1.29 is 14.3 Å². The van der Waals surface area contributed by atoms with Crippen molar-refractivity contribution in [1.82, 2.24) is 14.8 Å². The Balaban J connectivity index is 1.30. The molecule has 1 atom stereocenters. The third-order valence-corrected chi connectivity index (χ3v) is 7.22. The molecule has 1 unspecified atom stereocenters. The molecule has 1 saturated heterocycles. The van der Waals surface area contributed by atoms with Crippen molar-refractivity contribution >= 4 is 45.0 Å². The van der Waals surface area contributed by atoms with Crippen LogP contribution in [0.2, 0.25) is 5.02 Å². The predicted molar refractivity (Wildman–Crippen MR) is 127 cm³/mol. The molecular weight excluding hydrogens is 446 g/mol. The van der Waals surface area contributed by atoms with E-state index < -0.39 is 6.04 Å². The molecule has 1 aromatic heterocycles. The maximum atomic E-state index is 12.7. The summed E-state index contributed by atoms with van der Waals surface area (Å²) in [5.41, 5.74) is 1.75. The quantitative estimate of drug-likeness (QED) is 0.480. The number of hydrogen-bond acceptors (Lipinski definition) is 6. The highest BCUT2D eigenvalue weighted by molar-refractivity contribution is 7.18. The topological polar surface area (TPSA) is 62.7 Å². The summed E-state index contributed by atoms with van der Waals surface area (Å²) in [5, 5.41) is 1.61. The molecule has 168 valence electrons. The van der Waals surface area contributed by atoms with Gasteiger partial charge in [0.25, 0.3) is 0 Å². The lowest BCUT2D eigenvalue weighted by atomic mass is 10.0. The first-order chi connectivity index (χ1) is 15.6. The van der Waals surface area contributed by atoms with Crippen LogP contribution in [0.5, 0.6) is 0 Å². The highest BCUT2D eigenvalue weighted by Crippen LogP contribution is 2.29. The van der Waals surface area contributed by atoms with Crippen molar-refractivity contribution in [2.24, 2.45) is 0 Å². The third kappa shape index (κ3) is 5.11. The van der Waals surface area contributed by atoms with Gasteiger partial charge in [-0.3, -0.25) is 9.69 Å². The Bertz CT molecular complexity index is 1060. The number of esters is 1. The van der Waals surface area contributed by atoms with Crippen molar-refractivity contribution in [2.45, 2.75) is 25.3 Å². The van der Waals surface area contributed by atoms with Crippen molar-refractivity contribution in [3.8, 4) is 0 Å². The molecule has 1 aliphatic heterocycles. The molecule has 1 fully saturated rings. The first kappa shape index (κ1) is 22.7. The average Bonchev–Trinajstić information content (AvgIpc) is 3.23. The Morgan fingerprint density at radius 3 is 2.53 bits per heavy atom. The van der Waals surface area contributed by atoms with Crippen molar-refractivity contribution in [1.29, 1.82) is 0 Å². The summed E-state index contributed by atoms with van der Waals surface area (Å²) in [6.07, 6.45) is 2.09. The van der Waals surface area contributed by atoms with Crippen molar-refractivity contribution in [3.63, 3.8) is 0 Å². The van der Waals surface area contributed by atoms with Gasteiger partial charge >= 0.3 is 5.97 Å². The summed E-state index contributed by atoms with van der Waals surface area (Å²) in [5.74, 6) is -0.188. The van der Waals surface area contributed by atoms with Crippen LogP contribution in [0.15, 0.2) is 48.5 Å². The van der Waals surface area contributed by atoms with Gasteiger partial charge < -0.3 is 9.64 Å².